The van der Waals surface area contributed by atoms with Crippen LogP contribution in [0.25, 0.3) is 0 Å². The maximum absolute atomic E-state index is 13.6. The average Bonchev–Trinajstić information content (AvgIpc) is 2.43. The van der Waals surface area contributed by atoms with Crippen molar-refractivity contribution in [1.29, 1.82) is 0 Å². The highest BCUT2D eigenvalue weighted by Crippen LogP contribution is 2.20. The maximum Gasteiger partial charge on any atom is 0.242 e. The third kappa shape index (κ3) is 4.07. The summed E-state index contributed by atoms with van der Waals surface area (Å²) in [4.78, 5) is 13.9. The van der Waals surface area contributed by atoms with E-state index in [9.17, 15) is 9.18 Å². The van der Waals surface area contributed by atoms with Gasteiger partial charge in [0.15, 0.2) is 11.6 Å². The number of hydrogen-bond acceptors (Lipinski definition) is 4. The normalized spacial score (nSPS) is 22.0. The molecule has 1 aliphatic rings. The summed E-state index contributed by atoms with van der Waals surface area (Å²) in [7, 11) is 1.41. The van der Waals surface area contributed by atoms with Crippen molar-refractivity contribution in [3.05, 3.63) is 24.0 Å². The zero-order chi connectivity index (χ0) is 15.4. The van der Waals surface area contributed by atoms with Crippen molar-refractivity contribution in [3.63, 3.8) is 0 Å². The summed E-state index contributed by atoms with van der Waals surface area (Å²) in [6, 6.07) is 4.53. The van der Waals surface area contributed by atoms with Crippen LogP contribution in [-0.4, -0.2) is 49.8 Å². The molecule has 0 aromatic heterocycles. The predicted octanol–water partition coefficient (Wildman–Crippen LogP) is 1.88. The van der Waals surface area contributed by atoms with Crippen LogP contribution in [0.1, 0.15) is 13.8 Å². The van der Waals surface area contributed by atoms with Gasteiger partial charge in [-0.1, -0.05) is 0 Å². The second-order valence-electron chi connectivity index (χ2n) is 5.26. The Morgan fingerprint density at radius 2 is 2.10 bits per heavy atom. The number of hydrogen-bond donors (Lipinski definition) is 1. The van der Waals surface area contributed by atoms with E-state index in [0.29, 0.717) is 18.8 Å². The topological polar surface area (TPSA) is 50.8 Å². The first kappa shape index (κ1) is 15.6. The molecule has 2 atom stereocenters. The zero-order valence-corrected chi connectivity index (χ0v) is 12.6. The number of amides is 1. The van der Waals surface area contributed by atoms with E-state index < -0.39 is 5.82 Å². The molecule has 1 heterocycles. The summed E-state index contributed by atoms with van der Waals surface area (Å²) < 4.78 is 24.0. The van der Waals surface area contributed by atoms with Gasteiger partial charge in [0.25, 0.3) is 0 Å². The monoisotopic (exact) mass is 296 g/mol. The lowest BCUT2D eigenvalue weighted by atomic mass is 10.2. The number of carbonyl (C=O) groups is 1. The van der Waals surface area contributed by atoms with Gasteiger partial charge in [0.05, 0.1) is 25.9 Å². The molecule has 0 saturated carbocycles. The molecule has 1 saturated heterocycles. The summed E-state index contributed by atoms with van der Waals surface area (Å²) in [5.41, 5.74) is 0.552. The van der Waals surface area contributed by atoms with Gasteiger partial charge in [-0.2, -0.15) is 0 Å². The van der Waals surface area contributed by atoms with Crippen molar-refractivity contribution in [1.82, 2.24) is 4.90 Å². The highest BCUT2D eigenvalue weighted by atomic mass is 19.1. The summed E-state index contributed by atoms with van der Waals surface area (Å²) in [6.07, 6.45) is 0.0762. The molecule has 0 bridgehead atoms. The molecule has 1 aliphatic heterocycles. The number of nitrogens with zero attached hydrogens (tertiary/aromatic N) is 1. The lowest BCUT2D eigenvalue weighted by Gasteiger charge is -2.35. The third-order valence-corrected chi connectivity index (χ3v) is 3.37. The van der Waals surface area contributed by atoms with E-state index in [1.165, 1.54) is 19.2 Å². The van der Waals surface area contributed by atoms with Crippen LogP contribution in [0.15, 0.2) is 18.2 Å². The minimum absolute atomic E-state index is 0.0202. The number of methoxy groups -OCH3 is 1. The number of ether oxygens (including phenoxy) is 2. The number of nitrogens with one attached hydrogen (secondary N) is 1. The van der Waals surface area contributed by atoms with E-state index >= 15 is 0 Å². The molecule has 2 unspecified atom stereocenters. The van der Waals surface area contributed by atoms with E-state index in [0.717, 1.165) is 0 Å². The smallest absolute Gasteiger partial charge is 0.242 e. The van der Waals surface area contributed by atoms with Crippen LogP contribution >= 0.6 is 0 Å². The molecule has 6 heteroatoms. The number of anilines is 1. The number of halogens is 1. The highest BCUT2D eigenvalue weighted by molar-refractivity contribution is 5.81. The van der Waals surface area contributed by atoms with Crippen molar-refractivity contribution < 1.29 is 18.7 Å². The molecule has 1 aromatic rings. The Balaban J connectivity index is 1.90. The van der Waals surface area contributed by atoms with Gasteiger partial charge in [-0.3, -0.25) is 4.79 Å². The zero-order valence-electron chi connectivity index (χ0n) is 12.6. The molecule has 1 aromatic carbocycles. The minimum atomic E-state index is -0.455. The Kier molecular flexibility index (Phi) is 5.01. The van der Waals surface area contributed by atoms with Gasteiger partial charge in [-0.05, 0) is 26.0 Å². The fourth-order valence-corrected chi connectivity index (χ4v) is 2.45. The molecule has 1 amide bonds. The van der Waals surface area contributed by atoms with Gasteiger partial charge in [0, 0.05) is 24.8 Å². The number of morpholine rings is 1. The molecule has 0 radical (unpaired) electrons. The number of carbonyl (C=O) groups excluding carboxylic acids is 1. The summed E-state index contributed by atoms with van der Waals surface area (Å²) >= 11 is 0. The third-order valence-electron chi connectivity index (χ3n) is 3.37. The maximum atomic E-state index is 13.6. The largest absolute Gasteiger partial charge is 0.494 e. The molecule has 0 spiro atoms. The van der Waals surface area contributed by atoms with Gasteiger partial charge < -0.3 is 19.7 Å². The van der Waals surface area contributed by atoms with Gasteiger partial charge in [-0.25, -0.2) is 4.39 Å². The summed E-state index contributed by atoms with van der Waals surface area (Å²) in [6.45, 7) is 5.19. The van der Waals surface area contributed by atoms with Gasteiger partial charge >= 0.3 is 0 Å². The lowest BCUT2D eigenvalue weighted by Crippen LogP contribution is -2.49. The van der Waals surface area contributed by atoms with Crippen molar-refractivity contribution >= 4 is 11.6 Å². The van der Waals surface area contributed by atoms with Crippen LogP contribution in [0.3, 0.4) is 0 Å². The Labute approximate surface area is 124 Å². The Morgan fingerprint density at radius 3 is 2.67 bits per heavy atom. The standard InChI is InChI=1S/C15H21FN2O3/c1-10-8-18(9-11(2)21-10)15(19)7-17-12-4-5-14(20-3)13(16)6-12/h4-6,10-11,17H,7-9H2,1-3H3. The Bertz CT molecular complexity index is 500. The molecule has 21 heavy (non-hydrogen) atoms. The van der Waals surface area contributed by atoms with Gasteiger partial charge in [-0.15, -0.1) is 0 Å². The lowest BCUT2D eigenvalue weighted by molar-refractivity contribution is -0.141. The fraction of sp³-hybridized carbons (Fsp3) is 0.533. The van der Waals surface area contributed by atoms with Crippen LogP contribution in [0.2, 0.25) is 0 Å². The highest BCUT2D eigenvalue weighted by Gasteiger charge is 2.25. The van der Waals surface area contributed by atoms with Crippen LogP contribution < -0.4 is 10.1 Å². The first-order chi connectivity index (χ1) is 9.99. The second-order valence-corrected chi connectivity index (χ2v) is 5.26. The van der Waals surface area contributed by atoms with Crippen LogP contribution in [-0.2, 0) is 9.53 Å². The molecule has 2 rings (SSSR count). The first-order valence-electron chi connectivity index (χ1n) is 7.00. The summed E-state index contributed by atoms with van der Waals surface area (Å²) in [5.74, 6) is -0.292. The molecule has 0 aliphatic carbocycles. The number of rotatable bonds is 4. The second kappa shape index (κ2) is 6.76. The van der Waals surface area contributed by atoms with Crippen molar-refractivity contribution in [2.24, 2.45) is 0 Å². The van der Waals surface area contributed by atoms with Crippen molar-refractivity contribution in [2.45, 2.75) is 26.1 Å². The Hall–Kier alpha value is -1.82. The van der Waals surface area contributed by atoms with Crippen molar-refractivity contribution in [2.75, 3.05) is 32.1 Å². The van der Waals surface area contributed by atoms with Crippen LogP contribution in [0, 0.1) is 5.82 Å². The number of benzene rings is 1. The minimum Gasteiger partial charge on any atom is -0.494 e. The van der Waals surface area contributed by atoms with Crippen LogP contribution in [0.4, 0.5) is 10.1 Å². The van der Waals surface area contributed by atoms with E-state index in [1.54, 1.807) is 11.0 Å². The van der Waals surface area contributed by atoms with E-state index in [1.807, 2.05) is 13.8 Å². The predicted molar refractivity (Wildman–Crippen MR) is 78.0 cm³/mol. The molecule has 116 valence electrons. The van der Waals surface area contributed by atoms with E-state index in [2.05, 4.69) is 5.32 Å². The average molecular weight is 296 g/mol. The first-order valence-corrected chi connectivity index (χ1v) is 7.00. The fourth-order valence-electron chi connectivity index (χ4n) is 2.45. The van der Waals surface area contributed by atoms with Gasteiger partial charge in [0.1, 0.15) is 0 Å². The van der Waals surface area contributed by atoms with E-state index in [4.69, 9.17) is 9.47 Å². The van der Waals surface area contributed by atoms with E-state index in [-0.39, 0.29) is 30.4 Å². The molecular weight excluding hydrogens is 275 g/mol. The Morgan fingerprint density at radius 1 is 1.43 bits per heavy atom. The molecule has 1 N–H and O–H groups in total. The van der Waals surface area contributed by atoms with Crippen LogP contribution in [0.5, 0.6) is 5.75 Å². The molecular formula is C15H21FN2O3. The summed E-state index contributed by atoms with van der Waals surface area (Å²) in [5, 5.41) is 2.94. The van der Waals surface area contributed by atoms with Gasteiger partial charge in [0.2, 0.25) is 5.91 Å². The molecule has 1 fully saturated rings. The quantitative estimate of drug-likeness (QED) is 0.922. The van der Waals surface area contributed by atoms with Crippen molar-refractivity contribution in [3.8, 4) is 5.75 Å². The SMILES string of the molecule is COc1ccc(NCC(=O)N2CC(C)OC(C)C2)cc1F. The molecule has 5 nitrogen and oxygen atoms in total.